The molecule has 2 rings (SSSR count). The van der Waals surface area contributed by atoms with Crippen LogP contribution in [0.4, 0.5) is 0 Å². The van der Waals surface area contributed by atoms with Gasteiger partial charge in [0.15, 0.2) is 0 Å². The highest BCUT2D eigenvalue weighted by atomic mass is 16.5. The van der Waals surface area contributed by atoms with Crippen LogP contribution in [0, 0.1) is 5.41 Å². The first-order valence-electron chi connectivity index (χ1n) is 6.65. The predicted octanol–water partition coefficient (Wildman–Crippen LogP) is 1.91. The van der Waals surface area contributed by atoms with Crippen molar-refractivity contribution >= 4 is 0 Å². The van der Waals surface area contributed by atoms with Crippen LogP contribution in [0.2, 0.25) is 0 Å². The van der Waals surface area contributed by atoms with E-state index in [0.29, 0.717) is 19.3 Å². The third-order valence-corrected chi connectivity index (χ3v) is 3.62. The van der Waals surface area contributed by atoms with Crippen LogP contribution in [-0.2, 0) is 11.2 Å². The zero-order chi connectivity index (χ0) is 13.0. The highest BCUT2D eigenvalue weighted by molar-refractivity contribution is 5.37. The summed E-state index contributed by atoms with van der Waals surface area (Å²) in [5.74, 6) is 0. The van der Waals surface area contributed by atoms with E-state index >= 15 is 0 Å². The smallest absolute Gasteiger partial charge is 0.0698 e. The fourth-order valence-electron chi connectivity index (χ4n) is 2.82. The Labute approximate surface area is 109 Å². The molecule has 3 heteroatoms. The summed E-state index contributed by atoms with van der Waals surface area (Å²) in [5.41, 5.74) is 3.13. The van der Waals surface area contributed by atoms with E-state index in [1.807, 2.05) is 0 Å². The van der Waals surface area contributed by atoms with Crippen molar-refractivity contribution in [3.63, 3.8) is 0 Å². The van der Waals surface area contributed by atoms with Crippen molar-refractivity contribution in [2.45, 2.75) is 26.3 Å². The minimum absolute atomic E-state index is 0.0950. The fourth-order valence-corrected chi connectivity index (χ4v) is 2.82. The number of rotatable bonds is 6. The molecule has 0 spiro atoms. The molecule has 0 heterocycles. The summed E-state index contributed by atoms with van der Waals surface area (Å²) >= 11 is 0. The van der Waals surface area contributed by atoms with Crippen molar-refractivity contribution < 1.29 is 9.84 Å². The Bertz CT molecular complexity index is 390. The first-order valence-corrected chi connectivity index (χ1v) is 6.65. The molecule has 0 fully saturated rings. The molecule has 100 valence electrons. The molecule has 1 aromatic carbocycles. The molecule has 0 saturated heterocycles. The molecule has 0 bridgehead atoms. The van der Waals surface area contributed by atoms with Crippen molar-refractivity contribution in [1.29, 1.82) is 0 Å². The van der Waals surface area contributed by atoms with Gasteiger partial charge in [-0.15, -0.1) is 0 Å². The molecule has 1 atom stereocenters. The maximum absolute atomic E-state index is 8.64. The lowest BCUT2D eigenvalue weighted by Gasteiger charge is -2.28. The maximum Gasteiger partial charge on any atom is 0.0698 e. The highest BCUT2D eigenvalue weighted by Gasteiger charge is 2.37. The maximum atomic E-state index is 8.64. The van der Waals surface area contributed by atoms with Gasteiger partial charge in [0.2, 0.25) is 0 Å². The van der Waals surface area contributed by atoms with Crippen LogP contribution in [-0.4, -0.2) is 31.5 Å². The van der Waals surface area contributed by atoms with Gasteiger partial charge in [-0.05, 0) is 23.0 Å². The molecule has 1 unspecified atom stereocenters. The zero-order valence-electron chi connectivity index (χ0n) is 11.3. The molecular formula is C15H23NO2. The van der Waals surface area contributed by atoms with E-state index in [2.05, 4.69) is 43.4 Å². The summed E-state index contributed by atoms with van der Waals surface area (Å²) in [7, 11) is 0. The summed E-state index contributed by atoms with van der Waals surface area (Å²) in [6, 6.07) is 9.06. The average Bonchev–Trinajstić information content (AvgIpc) is 2.60. The van der Waals surface area contributed by atoms with E-state index in [1.54, 1.807) is 0 Å². The Hall–Kier alpha value is -0.900. The minimum atomic E-state index is 0.0950. The van der Waals surface area contributed by atoms with E-state index in [0.717, 1.165) is 13.0 Å². The predicted molar refractivity (Wildman–Crippen MR) is 72.6 cm³/mol. The van der Waals surface area contributed by atoms with Gasteiger partial charge >= 0.3 is 0 Å². The summed E-state index contributed by atoms with van der Waals surface area (Å²) in [5, 5.41) is 12.2. The van der Waals surface area contributed by atoms with Gasteiger partial charge in [0.1, 0.15) is 0 Å². The van der Waals surface area contributed by atoms with Gasteiger partial charge < -0.3 is 15.2 Å². The fraction of sp³-hybridized carbons (Fsp3) is 0.600. The molecule has 0 aromatic heterocycles. The van der Waals surface area contributed by atoms with Gasteiger partial charge in [-0.1, -0.05) is 38.1 Å². The number of benzene rings is 1. The normalized spacial score (nSPS) is 20.9. The summed E-state index contributed by atoms with van der Waals surface area (Å²) in [6.07, 6.45) is 1.12. The summed E-state index contributed by atoms with van der Waals surface area (Å²) < 4.78 is 5.29. The third kappa shape index (κ3) is 2.91. The van der Waals surface area contributed by atoms with Crippen molar-refractivity contribution in [2.75, 3.05) is 26.4 Å². The van der Waals surface area contributed by atoms with Crippen molar-refractivity contribution in [3.05, 3.63) is 35.4 Å². The van der Waals surface area contributed by atoms with Crippen molar-refractivity contribution in [1.82, 2.24) is 5.32 Å². The first-order chi connectivity index (χ1) is 8.65. The van der Waals surface area contributed by atoms with Crippen molar-refractivity contribution in [3.8, 4) is 0 Å². The lowest BCUT2D eigenvalue weighted by atomic mass is 9.85. The van der Waals surface area contributed by atoms with Crippen LogP contribution in [0.15, 0.2) is 24.3 Å². The Morgan fingerprint density at radius 3 is 2.89 bits per heavy atom. The number of aliphatic hydroxyl groups is 1. The molecule has 18 heavy (non-hydrogen) atoms. The average molecular weight is 249 g/mol. The van der Waals surface area contributed by atoms with Gasteiger partial charge in [0.05, 0.1) is 19.8 Å². The molecule has 0 amide bonds. The molecule has 3 nitrogen and oxygen atoms in total. The summed E-state index contributed by atoms with van der Waals surface area (Å²) in [6.45, 7) is 6.60. The Kier molecular flexibility index (Phi) is 4.38. The first kappa shape index (κ1) is 13.5. The second kappa shape index (κ2) is 5.83. The van der Waals surface area contributed by atoms with Gasteiger partial charge in [-0.3, -0.25) is 0 Å². The van der Waals surface area contributed by atoms with Crippen LogP contribution >= 0.6 is 0 Å². The zero-order valence-corrected chi connectivity index (χ0v) is 11.3. The molecule has 0 radical (unpaired) electrons. The second-order valence-electron chi connectivity index (χ2n) is 5.59. The molecule has 0 saturated carbocycles. The van der Waals surface area contributed by atoms with E-state index in [4.69, 9.17) is 9.84 Å². The molecule has 1 aromatic rings. The van der Waals surface area contributed by atoms with Crippen LogP contribution in [0.1, 0.15) is 31.0 Å². The quantitative estimate of drug-likeness (QED) is 0.757. The van der Waals surface area contributed by atoms with Gasteiger partial charge in [0.25, 0.3) is 0 Å². The highest BCUT2D eigenvalue weighted by Crippen LogP contribution is 2.44. The van der Waals surface area contributed by atoms with E-state index in [-0.39, 0.29) is 12.0 Å². The molecule has 1 aliphatic rings. The van der Waals surface area contributed by atoms with Gasteiger partial charge in [-0.25, -0.2) is 0 Å². The number of hydrogen-bond donors (Lipinski definition) is 2. The van der Waals surface area contributed by atoms with Crippen LogP contribution in [0.3, 0.4) is 0 Å². The third-order valence-electron chi connectivity index (χ3n) is 3.62. The molecule has 2 N–H and O–H groups in total. The topological polar surface area (TPSA) is 41.5 Å². The SMILES string of the molecule is CC1(C)Cc2ccccc2C1NCCOCCO. The van der Waals surface area contributed by atoms with Crippen LogP contribution < -0.4 is 5.32 Å². The van der Waals surface area contributed by atoms with Gasteiger partial charge in [-0.2, -0.15) is 0 Å². The van der Waals surface area contributed by atoms with E-state index in [9.17, 15) is 0 Å². The number of nitrogens with one attached hydrogen (secondary N) is 1. The number of ether oxygens (including phenoxy) is 1. The monoisotopic (exact) mass is 249 g/mol. The number of hydrogen-bond acceptors (Lipinski definition) is 3. The Morgan fingerprint density at radius 1 is 1.33 bits per heavy atom. The lowest BCUT2D eigenvalue weighted by Crippen LogP contribution is -2.33. The summed E-state index contributed by atoms with van der Waals surface area (Å²) in [4.78, 5) is 0. The molecular weight excluding hydrogens is 226 g/mol. The van der Waals surface area contributed by atoms with Crippen molar-refractivity contribution in [2.24, 2.45) is 5.41 Å². The van der Waals surface area contributed by atoms with Crippen LogP contribution in [0.25, 0.3) is 0 Å². The Balaban J connectivity index is 1.94. The second-order valence-corrected chi connectivity index (χ2v) is 5.59. The number of fused-ring (bicyclic) bond motifs is 1. The molecule has 1 aliphatic carbocycles. The van der Waals surface area contributed by atoms with Gasteiger partial charge in [0, 0.05) is 12.6 Å². The Morgan fingerprint density at radius 2 is 2.11 bits per heavy atom. The van der Waals surface area contributed by atoms with Crippen LogP contribution in [0.5, 0.6) is 0 Å². The largest absolute Gasteiger partial charge is 0.394 e. The number of aliphatic hydroxyl groups excluding tert-OH is 1. The van der Waals surface area contributed by atoms with E-state index in [1.165, 1.54) is 11.1 Å². The standard InChI is InChI=1S/C15H23NO2/c1-15(2)11-12-5-3-4-6-13(12)14(15)16-7-9-18-10-8-17/h3-6,14,16-17H,7-11H2,1-2H3. The van der Waals surface area contributed by atoms with E-state index < -0.39 is 0 Å². The molecule has 0 aliphatic heterocycles. The minimum Gasteiger partial charge on any atom is -0.394 e. The lowest BCUT2D eigenvalue weighted by molar-refractivity contribution is 0.0898.